The molecule has 1 aliphatic heterocycles. The number of ether oxygens (including phenoxy) is 2. The van der Waals surface area contributed by atoms with Crippen molar-refractivity contribution < 1.29 is 27.8 Å². The van der Waals surface area contributed by atoms with Gasteiger partial charge in [0.2, 0.25) is 9.84 Å². The molecule has 1 heterocycles. The molecule has 0 bridgehead atoms. The van der Waals surface area contributed by atoms with Crippen molar-refractivity contribution >= 4 is 27.3 Å². The van der Waals surface area contributed by atoms with E-state index in [0.717, 1.165) is 0 Å². The van der Waals surface area contributed by atoms with Gasteiger partial charge in [-0.05, 0) is 59.7 Å². The topological polar surface area (TPSA) is 93.1 Å². The van der Waals surface area contributed by atoms with Crippen LogP contribution < -0.4 is 9.47 Å². The summed E-state index contributed by atoms with van der Waals surface area (Å²) in [5.41, 5.74) is 1.22. The molecular weight excluding hydrogens is 478 g/mol. The van der Waals surface area contributed by atoms with Gasteiger partial charge in [0.15, 0.2) is 5.76 Å². The van der Waals surface area contributed by atoms with Crippen LogP contribution in [0.25, 0.3) is 0 Å². The van der Waals surface area contributed by atoms with Gasteiger partial charge < -0.3 is 19.5 Å². The monoisotopic (exact) mass is 499 g/mol. The number of amides is 1. The fourth-order valence-electron chi connectivity index (χ4n) is 3.89. The molecule has 1 aliphatic rings. The third kappa shape index (κ3) is 4.34. The minimum atomic E-state index is -4.24. The van der Waals surface area contributed by atoms with Gasteiger partial charge in [-0.15, -0.1) is 0 Å². The largest absolute Gasteiger partial charge is 0.502 e. The number of hydrogen-bond acceptors (Lipinski definition) is 6. The van der Waals surface area contributed by atoms with E-state index in [4.69, 9.17) is 21.1 Å². The summed E-state index contributed by atoms with van der Waals surface area (Å²) in [4.78, 5) is 14.1. The summed E-state index contributed by atoms with van der Waals surface area (Å²) in [6.45, 7) is 0.0520. The van der Waals surface area contributed by atoms with Gasteiger partial charge in [0.25, 0.3) is 5.91 Å². The minimum absolute atomic E-state index is 0.0520. The van der Waals surface area contributed by atoms with Crippen LogP contribution in [-0.2, 0) is 21.2 Å². The molecule has 0 aromatic heterocycles. The maximum Gasteiger partial charge on any atom is 0.290 e. The Hall–Kier alpha value is -3.49. The molecule has 4 rings (SSSR count). The number of carbonyl (C=O) groups is 1. The van der Waals surface area contributed by atoms with Gasteiger partial charge in [-0.2, -0.15) is 0 Å². The molecule has 0 spiro atoms. The fraction of sp³-hybridized carbons (Fsp3) is 0.160. The first-order chi connectivity index (χ1) is 16.3. The van der Waals surface area contributed by atoms with E-state index < -0.39 is 27.5 Å². The number of halogens is 1. The molecule has 0 aliphatic carbocycles. The first-order valence-corrected chi connectivity index (χ1v) is 12.1. The maximum atomic E-state index is 13.6. The Balaban J connectivity index is 1.84. The first kappa shape index (κ1) is 23.7. The number of carbonyl (C=O) groups excluding carboxylic acids is 1. The number of nitrogens with zero attached hydrogens (tertiary/aromatic N) is 1. The van der Waals surface area contributed by atoms with Gasteiger partial charge in [-0.3, -0.25) is 4.79 Å². The SMILES string of the molecule is COc1ccc([C@H]2C(S(=O)(=O)c3ccc(Cl)cc3)=C(O)C(=O)N2Cc2cccc(OC)c2)cc1. The summed E-state index contributed by atoms with van der Waals surface area (Å²) in [6, 6.07) is 18.3. The first-order valence-electron chi connectivity index (χ1n) is 10.3. The molecule has 1 N–H and O–H groups in total. The van der Waals surface area contributed by atoms with Crippen molar-refractivity contribution in [3.8, 4) is 11.5 Å². The van der Waals surface area contributed by atoms with Gasteiger partial charge in [0.1, 0.15) is 16.4 Å². The Morgan fingerprint density at radius 2 is 1.59 bits per heavy atom. The van der Waals surface area contributed by atoms with E-state index in [1.165, 1.54) is 43.4 Å². The van der Waals surface area contributed by atoms with Crippen molar-refractivity contribution in [2.45, 2.75) is 17.5 Å². The highest BCUT2D eigenvalue weighted by atomic mass is 35.5. The Morgan fingerprint density at radius 3 is 2.21 bits per heavy atom. The molecule has 0 saturated heterocycles. The van der Waals surface area contributed by atoms with Crippen molar-refractivity contribution in [1.82, 2.24) is 4.90 Å². The highest BCUT2D eigenvalue weighted by Crippen LogP contribution is 2.43. The molecule has 1 atom stereocenters. The predicted molar refractivity (Wildman–Crippen MR) is 128 cm³/mol. The number of benzene rings is 3. The van der Waals surface area contributed by atoms with E-state index in [0.29, 0.717) is 27.6 Å². The average Bonchev–Trinajstić information content (AvgIpc) is 3.10. The van der Waals surface area contributed by atoms with Crippen LogP contribution in [0.5, 0.6) is 11.5 Å². The summed E-state index contributed by atoms with van der Waals surface area (Å²) in [7, 11) is -1.18. The summed E-state index contributed by atoms with van der Waals surface area (Å²) in [5, 5.41) is 11.2. The lowest BCUT2D eigenvalue weighted by Gasteiger charge is -2.27. The fourth-order valence-corrected chi connectivity index (χ4v) is 5.67. The molecule has 1 amide bonds. The third-order valence-corrected chi connectivity index (χ3v) is 7.73. The third-order valence-electron chi connectivity index (χ3n) is 5.59. The van der Waals surface area contributed by atoms with E-state index in [1.54, 1.807) is 48.5 Å². The molecule has 3 aromatic carbocycles. The Labute approximate surface area is 202 Å². The molecule has 9 heteroatoms. The maximum absolute atomic E-state index is 13.6. The van der Waals surface area contributed by atoms with Gasteiger partial charge in [0, 0.05) is 11.6 Å². The van der Waals surface area contributed by atoms with Gasteiger partial charge in [-0.1, -0.05) is 35.9 Å². The van der Waals surface area contributed by atoms with Crippen LogP contribution >= 0.6 is 11.6 Å². The number of methoxy groups -OCH3 is 2. The standard InChI is InChI=1S/C25H22ClNO6S/c1-32-19-10-6-17(7-11-19)22-24(34(30,31)21-12-8-18(26)9-13-21)23(28)25(29)27(22)15-16-4-3-5-20(14-16)33-2/h3-14,22,28H,15H2,1-2H3/t22-/m0/s1. The van der Waals surface area contributed by atoms with E-state index in [2.05, 4.69) is 0 Å². The van der Waals surface area contributed by atoms with Crippen LogP contribution in [0.3, 0.4) is 0 Å². The Bertz CT molecular complexity index is 1350. The average molecular weight is 500 g/mol. The Morgan fingerprint density at radius 1 is 0.941 bits per heavy atom. The number of rotatable bonds is 7. The molecule has 0 fully saturated rings. The number of aliphatic hydroxyl groups is 1. The van der Waals surface area contributed by atoms with Crippen LogP contribution in [0.15, 0.2) is 88.4 Å². The van der Waals surface area contributed by atoms with Gasteiger partial charge >= 0.3 is 0 Å². The van der Waals surface area contributed by atoms with Crippen LogP contribution in [0.4, 0.5) is 0 Å². The molecule has 0 radical (unpaired) electrons. The summed E-state index contributed by atoms with van der Waals surface area (Å²) < 4.78 is 37.7. The van der Waals surface area contributed by atoms with Crippen LogP contribution in [-0.4, -0.2) is 38.6 Å². The molecule has 0 unspecified atom stereocenters. The second-order valence-corrected chi connectivity index (χ2v) is 9.99. The summed E-state index contributed by atoms with van der Waals surface area (Å²) in [6.07, 6.45) is 0. The van der Waals surface area contributed by atoms with Crippen LogP contribution in [0.1, 0.15) is 17.2 Å². The van der Waals surface area contributed by atoms with Crippen LogP contribution in [0, 0.1) is 0 Å². The lowest BCUT2D eigenvalue weighted by molar-refractivity contribution is -0.130. The smallest absolute Gasteiger partial charge is 0.290 e. The summed E-state index contributed by atoms with van der Waals surface area (Å²) >= 11 is 5.92. The lowest BCUT2D eigenvalue weighted by atomic mass is 10.1. The molecular formula is C25H22ClNO6S. The highest BCUT2D eigenvalue weighted by Gasteiger charge is 2.46. The predicted octanol–water partition coefficient (Wildman–Crippen LogP) is 4.68. The second-order valence-electron chi connectivity index (χ2n) is 7.63. The van der Waals surface area contributed by atoms with Crippen molar-refractivity contribution in [3.63, 3.8) is 0 Å². The van der Waals surface area contributed by atoms with Crippen molar-refractivity contribution in [2.24, 2.45) is 0 Å². The molecule has 3 aromatic rings. The zero-order valence-electron chi connectivity index (χ0n) is 18.4. The number of aliphatic hydroxyl groups excluding tert-OH is 1. The van der Waals surface area contributed by atoms with Gasteiger partial charge in [0.05, 0.1) is 25.2 Å². The zero-order chi connectivity index (χ0) is 24.5. The van der Waals surface area contributed by atoms with Crippen molar-refractivity contribution in [2.75, 3.05) is 14.2 Å². The van der Waals surface area contributed by atoms with E-state index in [-0.39, 0.29) is 16.3 Å². The van der Waals surface area contributed by atoms with Crippen LogP contribution in [0.2, 0.25) is 5.02 Å². The molecule has 34 heavy (non-hydrogen) atoms. The van der Waals surface area contributed by atoms with E-state index in [9.17, 15) is 18.3 Å². The van der Waals surface area contributed by atoms with E-state index in [1.807, 2.05) is 0 Å². The van der Waals surface area contributed by atoms with E-state index >= 15 is 0 Å². The summed E-state index contributed by atoms with van der Waals surface area (Å²) in [5.74, 6) is -0.422. The van der Waals surface area contributed by atoms with Crippen molar-refractivity contribution in [3.05, 3.63) is 99.6 Å². The zero-order valence-corrected chi connectivity index (χ0v) is 20.0. The second kappa shape index (κ2) is 9.40. The highest BCUT2D eigenvalue weighted by molar-refractivity contribution is 7.95. The quantitative estimate of drug-likeness (QED) is 0.507. The lowest BCUT2D eigenvalue weighted by Crippen LogP contribution is -2.30. The number of sulfone groups is 1. The molecule has 0 saturated carbocycles. The number of hydrogen-bond donors (Lipinski definition) is 1. The molecule has 176 valence electrons. The minimum Gasteiger partial charge on any atom is -0.502 e. The molecule has 7 nitrogen and oxygen atoms in total. The van der Waals surface area contributed by atoms with Gasteiger partial charge in [-0.25, -0.2) is 8.42 Å². The van der Waals surface area contributed by atoms with Crippen molar-refractivity contribution in [1.29, 1.82) is 0 Å². The Kier molecular flexibility index (Phi) is 6.54. The normalized spacial score (nSPS) is 16.1.